The van der Waals surface area contributed by atoms with E-state index in [0.29, 0.717) is 6.54 Å². The molecule has 0 atom stereocenters. The van der Waals surface area contributed by atoms with E-state index in [4.69, 9.17) is 5.21 Å². The molecule has 0 fully saturated rings. The Labute approximate surface area is 41.5 Å². The van der Waals surface area contributed by atoms with Gasteiger partial charge in [-0.1, -0.05) is 4.74 Å². The van der Waals surface area contributed by atoms with Crippen LogP contribution in [-0.4, -0.2) is 22.8 Å². The summed E-state index contributed by atoms with van der Waals surface area (Å²) in [6.45, 7) is 0.576. The molecule has 3 nitrogen and oxygen atoms in total. The molecule has 0 aromatic rings. The first-order valence-corrected chi connectivity index (χ1v) is 2.09. The minimum absolute atomic E-state index is 0.576. The van der Waals surface area contributed by atoms with E-state index in [2.05, 4.69) is 5.32 Å². The quantitative estimate of drug-likeness (QED) is 0.318. The lowest BCUT2D eigenvalue weighted by Crippen LogP contribution is -2.20. The molecule has 0 radical (unpaired) electrons. The number of nitrogens with one attached hydrogen (secondary N) is 1. The van der Waals surface area contributed by atoms with Crippen molar-refractivity contribution in [1.82, 2.24) is 5.32 Å². The van der Waals surface area contributed by atoms with Crippen molar-refractivity contribution < 1.29 is 9.95 Å². The van der Waals surface area contributed by atoms with E-state index >= 15 is 0 Å². The average molecular weight is 99.1 g/mol. The Kier molecular flexibility index (Phi) is 0.978. The zero-order valence-corrected chi connectivity index (χ0v) is 3.83. The predicted octanol–water partition coefficient (Wildman–Crippen LogP) is -0.467. The second-order valence-corrected chi connectivity index (χ2v) is 1.32. The molecule has 0 bridgehead atoms. The summed E-state index contributed by atoms with van der Waals surface area (Å²) in [5.41, 5.74) is 0. The second kappa shape index (κ2) is 1.64. The van der Waals surface area contributed by atoms with Crippen molar-refractivity contribution in [3.05, 3.63) is 12.3 Å². The zero-order chi connectivity index (χ0) is 5.11. The number of nitrogens with zero attached hydrogens (tertiary/aromatic N) is 1. The van der Waals surface area contributed by atoms with Crippen LogP contribution in [0, 0.1) is 0 Å². The van der Waals surface area contributed by atoms with Gasteiger partial charge < -0.3 is 5.21 Å². The molecule has 1 heterocycles. The van der Waals surface area contributed by atoms with Crippen molar-refractivity contribution in [3.63, 3.8) is 0 Å². The minimum atomic E-state index is 0.576. The summed E-state index contributed by atoms with van der Waals surface area (Å²) in [6.07, 6.45) is 5.08. The molecule has 1 rings (SSSR count). The second-order valence-electron chi connectivity index (χ2n) is 1.32. The predicted molar refractivity (Wildman–Crippen MR) is 25.3 cm³/mol. The first-order chi connectivity index (χ1) is 3.39. The number of hydrogen-bond acceptors (Lipinski definition) is 2. The van der Waals surface area contributed by atoms with E-state index in [0.717, 1.165) is 4.74 Å². The van der Waals surface area contributed by atoms with Crippen LogP contribution in [0.4, 0.5) is 0 Å². The molecular weight excluding hydrogens is 92.1 g/mol. The minimum Gasteiger partial charge on any atom is -0.355 e. The Balaban J connectivity index is 2.50. The van der Waals surface area contributed by atoms with Crippen LogP contribution in [0.5, 0.6) is 0 Å². The highest BCUT2D eigenvalue weighted by Crippen LogP contribution is 1.73. The van der Waals surface area contributed by atoms with Crippen LogP contribution in [0.2, 0.25) is 0 Å². The fraction of sp³-hybridized carbons (Fsp3) is 0.250. The van der Waals surface area contributed by atoms with Gasteiger partial charge in [-0.2, -0.15) is 0 Å². The number of hydroxylamine groups is 1. The van der Waals surface area contributed by atoms with Gasteiger partial charge in [-0.05, 0) is 6.08 Å². The summed E-state index contributed by atoms with van der Waals surface area (Å²) in [5, 5.41) is 11.3. The van der Waals surface area contributed by atoms with Crippen LogP contribution >= 0.6 is 0 Å². The van der Waals surface area contributed by atoms with Gasteiger partial charge in [0.05, 0.1) is 6.20 Å². The summed E-state index contributed by atoms with van der Waals surface area (Å²) in [4.78, 5) is 0. The normalized spacial score (nSPS) is 18.0. The topological polar surface area (TPSA) is 35.3 Å². The SMILES string of the molecule is O[N+]1=CNC=CC1. The van der Waals surface area contributed by atoms with Crippen molar-refractivity contribution in [2.24, 2.45) is 0 Å². The highest BCUT2D eigenvalue weighted by atomic mass is 16.5. The standard InChI is InChI=1S/C4H6N2O/c7-6-3-1-2-5-4-6/h1-2,4,7H,3H2/p+1. The van der Waals surface area contributed by atoms with Crippen LogP contribution in [-0.2, 0) is 0 Å². The molecule has 0 aromatic carbocycles. The van der Waals surface area contributed by atoms with Gasteiger partial charge in [0.25, 0.3) is 6.34 Å². The van der Waals surface area contributed by atoms with Gasteiger partial charge in [-0.15, -0.1) is 0 Å². The molecule has 7 heavy (non-hydrogen) atoms. The van der Waals surface area contributed by atoms with Crippen molar-refractivity contribution in [1.29, 1.82) is 0 Å². The van der Waals surface area contributed by atoms with Gasteiger partial charge in [-0.25, -0.2) is 0 Å². The van der Waals surface area contributed by atoms with Crippen LogP contribution in [0.3, 0.4) is 0 Å². The van der Waals surface area contributed by atoms with E-state index in [1.165, 1.54) is 6.34 Å². The first kappa shape index (κ1) is 4.18. The lowest BCUT2D eigenvalue weighted by molar-refractivity contribution is -0.766. The third kappa shape index (κ3) is 0.924. The molecule has 3 heteroatoms. The Hall–Kier alpha value is -0.990. The molecule has 1 aliphatic rings. The molecular formula is C4H7N2O+. The monoisotopic (exact) mass is 99.1 g/mol. The van der Waals surface area contributed by atoms with Crippen LogP contribution in [0.15, 0.2) is 12.3 Å². The maximum absolute atomic E-state index is 8.57. The van der Waals surface area contributed by atoms with E-state index in [1.807, 2.05) is 6.08 Å². The van der Waals surface area contributed by atoms with Gasteiger partial charge in [0, 0.05) is 0 Å². The fourth-order valence-corrected chi connectivity index (χ4v) is 0.411. The highest BCUT2D eigenvalue weighted by Gasteiger charge is 1.94. The van der Waals surface area contributed by atoms with E-state index in [9.17, 15) is 0 Å². The molecule has 0 aromatic heterocycles. The number of rotatable bonds is 0. The van der Waals surface area contributed by atoms with E-state index < -0.39 is 0 Å². The van der Waals surface area contributed by atoms with Gasteiger partial charge in [0.1, 0.15) is 0 Å². The van der Waals surface area contributed by atoms with Crippen molar-refractivity contribution >= 4 is 6.34 Å². The maximum Gasteiger partial charge on any atom is 0.276 e. The molecule has 0 saturated carbocycles. The van der Waals surface area contributed by atoms with Crippen LogP contribution in [0.1, 0.15) is 0 Å². The summed E-state index contributed by atoms with van der Waals surface area (Å²) >= 11 is 0. The number of hydrogen-bond donors (Lipinski definition) is 2. The third-order valence-electron chi connectivity index (χ3n) is 0.730. The molecule has 38 valence electrons. The average Bonchev–Trinajstić information content (AvgIpc) is 1.69. The fourth-order valence-electron chi connectivity index (χ4n) is 0.411. The summed E-state index contributed by atoms with van der Waals surface area (Å²) < 4.78 is 1.07. The largest absolute Gasteiger partial charge is 0.355 e. The zero-order valence-electron chi connectivity index (χ0n) is 3.83. The van der Waals surface area contributed by atoms with Crippen molar-refractivity contribution in [2.75, 3.05) is 6.54 Å². The van der Waals surface area contributed by atoms with Crippen LogP contribution in [0.25, 0.3) is 0 Å². The molecule has 2 N–H and O–H groups in total. The molecule has 0 amide bonds. The lowest BCUT2D eigenvalue weighted by atomic mass is 10.6. The summed E-state index contributed by atoms with van der Waals surface area (Å²) in [6, 6.07) is 0. The molecule has 0 unspecified atom stereocenters. The van der Waals surface area contributed by atoms with Gasteiger partial charge in [-0.3, -0.25) is 5.32 Å². The molecule has 1 aliphatic heterocycles. The molecule has 0 saturated heterocycles. The van der Waals surface area contributed by atoms with Crippen molar-refractivity contribution in [3.8, 4) is 0 Å². The lowest BCUT2D eigenvalue weighted by Gasteiger charge is -1.94. The van der Waals surface area contributed by atoms with Gasteiger partial charge in [0.15, 0.2) is 6.54 Å². The Morgan fingerprint density at radius 1 is 1.71 bits per heavy atom. The van der Waals surface area contributed by atoms with Gasteiger partial charge >= 0.3 is 0 Å². The van der Waals surface area contributed by atoms with E-state index in [-0.39, 0.29) is 0 Å². The van der Waals surface area contributed by atoms with Gasteiger partial charge in [0.2, 0.25) is 0 Å². The molecule has 0 spiro atoms. The summed E-state index contributed by atoms with van der Waals surface area (Å²) in [5.74, 6) is 0. The third-order valence-corrected chi connectivity index (χ3v) is 0.730. The Morgan fingerprint density at radius 2 is 2.57 bits per heavy atom. The smallest absolute Gasteiger partial charge is 0.276 e. The maximum atomic E-state index is 8.57. The van der Waals surface area contributed by atoms with E-state index in [1.54, 1.807) is 6.20 Å². The summed E-state index contributed by atoms with van der Waals surface area (Å²) in [7, 11) is 0. The Morgan fingerprint density at radius 3 is 2.86 bits per heavy atom. The van der Waals surface area contributed by atoms with Crippen molar-refractivity contribution in [2.45, 2.75) is 0 Å². The molecule has 0 aliphatic carbocycles. The first-order valence-electron chi connectivity index (χ1n) is 2.09. The highest BCUT2D eigenvalue weighted by molar-refractivity contribution is 5.50. The van der Waals surface area contributed by atoms with Crippen LogP contribution < -0.4 is 5.32 Å². The Bertz CT molecular complexity index is 117.